The maximum Gasteiger partial charge on any atom is 0.326 e. The fourth-order valence-corrected chi connectivity index (χ4v) is 1.42. The summed E-state index contributed by atoms with van der Waals surface area (Å²) in [7, 11) is 0. The molecule has 1 atom stereocenters. The number of thiocarbonyl (C=S) groups is 1. The first kappa shape index (κ1) is 11.7. The largest absolute Gasteiger partial charge is 0.480 e. The van der Waals surface area contributed by atoms with Crippen molar-refractivity contribution >= 4 is 23.7 Å². The third-order valence-corrected chi connectivity index (χ3v) is 2.26. The molecule has 0 saturated heterocycles. The maximum absolute atomic E-state index is 10.8. The van der Waals surface area contributed by atoms with Gasteiger partial charge in [-0.25, -0.2) is 4.79 Å². The molecule has 0 aromatic heterocycles. The highest BCUT2D eigenvalue weighted by Gasteiger charge is 2.15. The van der Waals surface area contributed by atoms with Crippen LogP contribution in [0.3, 0.4) is 0 Å². The zero-order valence-electron chi connectivity index (χ0n) is 8.43. The molecular weight excluding hydrogens is 210 g/mol. The molecule has 80 valence electrons. The van der Waals surface area contributed by atoms with Crippen molar-refractivity contribution in [2.24, 2.45) is 0 Å². The molecule has 2 N–H and O–H groups in total. The summed E-state index contributed by atoms with van der Waals surface area (Å²) >= 11 is 4.59. The fourth-order valence-electron chi connectivity index (χ4n) is 1.26. The number of hydrogen-bond donors (Lipinski definition) is 2. The second kappa shape index (κ2) is 5.46. The fraction of sp³-hybridized carbons (Fsp3) is 0.273. The lowest BCUT2D eigenvalue weighted by Crippen LogP contribution is -2.37. The van der Waals surface area contributed by atoms with Crippen molar-refractivity contribution < 1.29 is 9.90 Å². The summed E-state index contributed by atoms with van der Waals surface area (Å²) in [6.45, 7) is 1.99. The minimum Gasteiger partial charge on any atom is -0.480 e. The van der Waals surface area contributed by atoms with Crippen molar-refractivity contribution in [1.29, 1.82) is 0 Å². The van der Waals surface area contributed by atoms with E-state index in [0.717, 1.165) is 11.1 Å². The Morgan fingerprint density at radius 3 is 2.60 bits per heavy atom. The number of aryl methyl sites for hydroxylation is 1. The van der Waals surface area contributed by atoms with Gasteiger partial charge in [0.1, 0.15) is 6.04 Å². The number of rotatable bonds is 5. The topological polar surface area (TPSA) is 49.3 Å². The molecule has 15 heavy (non-hydrogen) atoms. The van der Waals surface area contributed by atoms with Crippen LogP contribution < -0.4 is 5.32 Å². The summed E-state index contributed by atoms with van der Waals surface area (Å²) in [5.74, 6) is -0.892. The van der Waals surface area contributed by atoms with Crippen LogP contribution in [0.1, 0.15) is 11.1 Å². The van der Waals surface area contributed by atoms with E-state index < -0.39 is 12.0 Å². The van der Waals surface area contributed by atoms with Crippen LogP contribution in [-0.4, -0.2) is 22.6 Å². The molecule has 0 aliphatic carbocycles. The first-order valence-corrected chi connectivity index (χ1v) is 5.08. The number of carboxylic acids is 1. The zero-order chi connectivity index (χ0) is 11.3. The number of carboxylic acid groups (broad SMARTS) is 1. The van der Waals surface area contributed by atoms with Crippen molar-refractivity contribution in [2.75, 3.05) is 0 Å². The van der Waals surface area contributed by atoms with Gasteiger partial charge >= 0.3 is 5.97 Å². The molecule has 0 bridgehead atoms. The summed E-state index contributed by atoms with van der Waals surface area (Å²) in [6, 6.07) is 7.13. The third kappa shape index (κ3) is 3.67. The van der Waals surface area contributed by atoms with Crippen LogP contribution in [0, 0.1) is 6.92 Å². The number of benzene rings is 1. The Labute approximate surface area is 94.1 Å². The summed E-state index contributed by atoms with van der Waals surface area (Å²) < 4.78 is 0. The van der Waals surface area contributed by atoms with Crippen LogP contribution >= 0.6 is 12.2 Å². The molecule has 1 aromatic carbocycles. The lowest BCUT2D eigenvalue weighted by molar-refractivity contribution is -0.138. The molecule has 1 rings (SSSR count). The molecule has 4 heteroatoms. The third-order valence-electron chi connectivity index (χ3n) is 2.13. The second-order valence-electron chi connectivity index (χ2n) is 3.37. The van der Waals surface area contributed by atoms with Crippen LogP contribution in [0.2, 0.25) is 0 Å². The zero-order valence-corrected chi connectivity index (χ0v) is 9.25. The van der Waals surface area contributed by atoms with E-state index in [1.165, 1.54) is 5.49 Å². The van der Waals surface area contributed by atoms with Crippen molar-refractivity contribution in [3.63, 3.8) is 0 Å². The lowest BCUT2D eigenvalue weighted by atomic mass is 10.0. The Hall–Kier alpha value is -1.42. The normalized spacial score (nSPS) is 11.8. The van der Waals surface area contributed by atoms with Crippen LogP contribution in [0.4, 0.5) is 0 Å². The molecule has 0 fully saturated rings. The van der Waals surface area contributed by atoms with Crippen molar-refractivity contribution in [1.82, 2.24) is 5.32 Å². The minimum absolute atomic E-state index is 0.433. The van der Waals surface area contributed by atoms with Crippen LogP contribution in [0.25, 0.3) is 0 Å². The van der Waals surface area contributed by atoms with Gasteiger partial charge < -0.3 is 10.4 Å². The molecule has 0 aliphatic heterocycles. The molecule has 0 spiro atoms. The van der Waals surface area contributed by atoms with E-state index in [0.29, 0.717) is 6.42 Å². The Morgan fingerprint density at radius 1 is 1.53 bits per heavy atom. The van der Waals surface area contributed by atoms with Crippen LogP contribution in [0.15, 0.2) is 24.3 Å². The molecule has 1 unspecified atom stereocenters. The van der Waals surface area contributed by atoms with Crippen molar-refractivity contribution in [3.05, 3.63) is 35.4 Å². The molecule has 3 nitrogen and oxygen atoms in total. The predicted molar refractivity (Wildman–Crippen MR) is 63.1 cm³/mol. The van der Waals surface area contributed by atoms with Crippen molar-refractivity contribution in [2.45, 2.75) is 19.4 Å². The van der Waals surface area contributed by atoms with E-state index in [4.69, 9.17) is 5.11 Å². The number of carbonyl (C=O) groups is 1. The molecule has 0 aliphatic rings. The van der Waals surface area contributed by atoms with E-state index in [9.17, 15) is 4.79 Å². The highest BCUT2D eigenvalue weighted by atomic mass is 32.1. The Balaban J connectivity index is 2.69. The first-order chi connectivity index (χ1) is 7.13. The van der Waals surface area contributed by atoms with Crippen molar-refractivity contribution in [3.8, 4) is 0 Å². The van der Waals surface area contributed by atoms with Gasteiger partial charge in [-0.05, 0) is 12.5 Å². The smallest absolute Gasteiger partial charge is 0.326 e. The van der Waals surface area contributed by atoms with Gasteiger partial charge in [0.15, 0.2) is 0 Å². The van der Waals surface area contributed by atoms with Gasteiger partial charge in [-0.15, -0.1) is 0 Å². The standard InChI is InChI=1S/C11H13NO2S/c1-8-2-4-9(5-3-8)6-10(11(13)14)12-7-15/h2-5,7,10H,6H2,1H3,(H,12,15)(H,13,14). The lowest BCUT2D eigenvalue weighted by Gasteiger charge is -2.11. The van der Waals surface area contributed by atoms with E-state index in [1.807, 2.05) is 31.2 Å². The van der Waals surface area contributed by atoms with E-state index in [2.05, 4.69) is 17.5 Å². The monoisotopic (exact) mass is 223 g/mol. The maximum atomic E-state index is 10.8. The Bertz CT molecular complexity index is 348. The average Bonchev–Trinajstić information content (AvgIpc) is 2.20. The van der Waals surface area contributed by atoms with Gasteiger partial charge in [-0.3, -0.25) is 0 Å². The van der Waals surface area contributed by atoms with Crippen LogP contribution in [0.5, 0.6) is 0 Å². The number of nitrogens with one attached hydrogen (secondary N) is 1. The van der Waals surface area contributed by atoms with Crippen LogP contribution in [-0.2, 0) is 11.2 Å². The van der Waals surface area contributed by atoms with E-state index in [1.54, 1.807) is 0 Å². The highest BCUT2D eigenvalue weighted by molar-refractivity contribution is 7.78. The molecule has 0 saturated carbocycles. The SMILES string of the molecule is Cc1ccc(CC(NC=S)C(=O)O)cc1. The van der Waals surface area contributed by atoms with Gasteiger partial charge in [0.25, 0.3) is 0 Å². The summed E-state index contributed by atoms with van der Waals surface area (Å²) in [5.41, 5.74) is 3.39. The van der Waals surface area contributed by atoms with Gasteiger partial charge in [0.05, 0.1) is 5.49 Å². The van der Waals surface area contributed by atoms with Gasteiger partial charge in [0, 0.05) is 6.42 Å². The van der Waals surface area contributed by atoms with Gasteiger partial charge in [0.2, 0.25) is 0 Å². The predicted octanol–water partition coefficient (Wildman–Crippen LogP) is 1.54. The molecule has 0 amide bonds. The first-order valence-electron chi connectivity index (χ1n) is 4.61. The summed E-state index contributed by atoms with van der Waals surface area (Å²) in [4.78, 5) is 10.8. The molecule has 0 radical (unpaired) electrons. The number of aliphatic carboxylic acids is 1. The second-order valence-corrected chi connectivity index (χ2v) is 3.60. The molecule has 0 heterocycles. The van der Waals surface area contributed by atoms with E-state index in [-0.39, 0.29) is 0 Å². The number of hydrogen-bond acceptors (Lipinski definition) is 2. The van der Waals surface area contributed by atoms with Gasteiger partial charge in [-0.2, -0.15) is 0 Å². The Morgan fingerprint density at radius 2 is 2.13 bits per heavy atom. The summed E-state index contributed by atoms with van der Waals surface area (Å²) in [6.07, 6.45) is 0.433. The van der Waals surface area contributed by atoms with Gasteiger partial charge in [-0.1, -0.05) is 42.0 Å². The average molecular weight is 223 g/mol. The highest BCUT2D eigenvalue weighted by Crippen LogP contribution is 2.06. The Kier molecular flexibility index (Phi) is 4.24. The summed E-state index contributed by atoms with van der Waals surface area (Å²) in [5, 5.41) is 11.5. The molecule has 1 aromatic rings. The van der Waals surface area contributed by atoms with E-state index >= 15 is 0 Å². The molecular formula is C11H13NO2S. The minimum atomic E-state index is -0.892. The quantitative estimate of drug-likeness (QED) is 0.743.